The van der Waals surface area contributed by atoms with Crippen molar-refractivity contribution in [2.45, 2.75) is 43.9 Å². The van der Waals surface area contributed by atoms with Crippen molar-refractivity contribution in [3.05, 3.63) is 23.3 Å². The average molecular weight is 263 g/mol. The van der Waals surface area contributed by atoms with Crippen LogP contribution in [0.3, 0.4) is 0 Å². The molecule has 3 rings (SSSR count). The standard InChI is InChI=1S/C15H21NO3/c1-15-5-4-11(16)12(19-15)6-9-7-13(17-2)14(18-3)8-10(9)15/h7-8,11-12H,4-6,16H2,1-3H3/t11-,12-,15-/m0/s1. The van der Waals surface area contributed by atoms with Gasteiger partial charge in [-0.2, -0.15) is 0 Å². The summed E-state index contributed by atoms with van der Waals surface area (Å²) in [4.78, 5) is 0. The highest BCUT2D eigenvalue weighted by Crippen LogP contribution is 2.46. The van der Waals surface area contributed by atoms with E-state index in [9.17, 15) is 0 Å². The number of ether oxygens (including phenoxy) is 3. The molecule has 0 amide bonds. The largest absolute Gasteiger partial charge is 0.493 e. The van der Waals surface area contributed by atoms with Gasteiger partial charge >= 0.3 is 0 Å². The lowest BCUT2D eigenvalue weighted by atomic mass is 9.76. The number of nitrogens with two attached hydrogens (primary N) is 1. The van der Waals surface area contributed by atoms with E-state index in [1.54, 1.807) is 14.2 Å². The number of hydrogen-bond acceptors (Lipinski definition) is 4. The van der Waals surface area contributed by atoms with E-state index in [1.807, 2.05) is 0 Å². The molecule has 0 radical (unpaired) electrons. The molecular weight excluding hydrogens is 242 g/mol. The molecule has 1 saturated heterocycles. The molecule has 4 heteroatoms. The summed E-state index contributed by atoms with van der Waals surface area (Å²) in [5.41, 5.74) is 8.39. The minimum absolute atomic E-state index is 0.115. The molecule has 0 saturated carbocycles. The molecule has 104 valence electrons. The van der Waals surface area contributed by atoms with Crippen molar-refractivity contribution in [1.29, 1.82) is 0 Å². The summed E-state index contributed by atoms with van der Waals surface area (Å²) in [6.07, 6.45) is 2.93. The van der Waals surface area contributed by atoms with Crippen LogP contribution in [0.5, 0.6) is 11.5 Å². The van der Waals surface area contributed by atoms with Gasteiger partial charge in [0.05, 0.1) is 25.9 Å². The van der Waals surface area contributed by atoms with Gasteiger partial charge in [0.2, 0.25) is 0 Å². The molecule has 0 unspecified atom stereocenters. The van der Waals surface area contributed by atoms with Crippen LogP contribution in [-0.2, 0) is 16.8 Å². The van der Waals surface area contributed by atoms with Gasteiger partial charge in [0.25, 0.3) is 0 Å². The predicted molar refractivity (Wildman–Crippen MR) is 72.7 cm³/mol. The van der Waals surface area contributed by atoms with E-state index in [0.717, 1.165) is 30.8 Å². The van der Waals surface area contributed by atoms with Crippen molar-refractivity contribution in [2.75, 3.05) is 14.2 Å². The number of rotatable bonds is 2. The van der Waals surface area contributed by atoms with Gasteiger partial charge < -0.3 is 19.9 Å². The monoisotopic (exact) mass is 263 g/mol. The molecule has 3 atom stereocenters. The van der Waals surface area contributed by atoms with Crippen molar-refractivity contribution >= 4 is 0 Å². The molecule has 2 N–H and O–H groups in total. The van der Waals surface area contributed by atoms with E-state index in [4.69, 9.17) is 19.9 Å². The van der Waals surface area contributed by atoms with Crippen molar-refractivity contribution in [1.82, 2.24) is 0 Å². The average Bonchev–Trinajstić information content (AvgIpc) is 2.42. The first-order chi connectivity index (χ1) is 9.07. The summed E-state index contributed by atoms with van der Waals surface area (Å²) in [5.74, 6) is 1.54. The molecule has 19 heavy (non-hydrogen) atoms. The summed E-state index contributed by atoms with van der Waals surface area (Å²) in [5, 5.41) is 0. The fourth-order valence-corrected chi connectivity index (χ4v) is 3.30. The van der Waals surface area contributed by atoms with E-state index < -0.39 is 0 Å². The lowest BCUT2D eigenvalue weighted by Crippen LogP contribution is -2.52. The summed E-state index contributed by atoms with van der Waals surface area (Å²) in [6.45, 7) is 2.15. The molecular formula is C15H21NO3. The predicted octanol–water partition coefficient (Wildman–Crippen LogP) is 1.98. The molecule has 1 aromatic carbocycles. The molecule has 0 spiro atoms. The molecule has 2 heterocycles. The van der Waals surface area contributed by atoms with E-state index in [2.05, 4.69) is 19.1 Å². The molecule has 2 aliphatic heterocycles. The minimum Gasteiger partial charge on any atom is -0.493 e. The molecule has 0 aliphatic carbocycles. The lowest BCUT2D eigenvalue weighted by Gasteiger charge is -2.47. The van der Waals surface area contributed by atoms with Gasteiger partial charge in [0, 0.05) is 12.5 Å². The molecule has 1 aromatic rings. The van der Waals surface area contributed by atoms with Gasteiger partial charge in [0.1, 0.15) is 0 Å². The maximum atomic E-state index is 6.20. The Morgan fingerprint density at radius 3 is 2.63 bits per heavy atom. The normalized spacial score (nSPS) is 32.6. The Morgan fingerprint density at radius 2 is 1.95 bits per heavy atom. The zero-order chi connectivity index (χ0) is 13.6. The SMILES string of the molecule is COc1cc2c(cc1OC)[C@]1(C)CC[C@H](N)[C@H](C2)O1. The highest BCUT2D eigenvalue weighted by Gasteiger charge is 2.44. The zero-order valence-corrected chi connectivity index (χ0v) is 11.7. The maximum absolute atomic E-state index is 6.20. The van der Waals surface area contributed by atoms with Crippen LogP contribution in [0.25, 0.3) is 0 Å². The Morgan fingerprint density at radius 1 is 1.26 bits per heavy atom. The summed E-state index contributed by atoms with van der Waals surface area (Å²) >= 11 is 0. The van der Waals surface area contributed by atoms with E-state index in [0.29, 0.717) is 0 Å². The molecule has 1 fully saturated rings. The van der Waals surface area contributed by atoms with Crippen LogP contribution >= 0.6 is 0 Å². The lowest BCUT2D eigenvalue weighted by molar-refractivity contribution is -0.141. The number of fused-ring (bicyclic) bond motifs is 4. The summed E-state index contributed by atoms with van der Waals surface area (Å²) < 4.78 is 17.0. The minimum atomic E-state index is -0.242. The third-order valence-electron chi connectivity index (χ3n) is 4.44. The Kier molecular flexibility index (Phi) is 2.95. The van der Waals surface area contributed by atoms with Gasteiger partial charge in [-0.05, 0) is 43.0 Å². The Hall–Kier alpha value is -1.26. The van der Waals surface area contributed by atoms with Gasteiger partial charge in [-0.25, -0.2) is 0 Å². The maximum Gasteiger partial charge on any atom is 0.161 e. The third-order valence-corrected chi connectivity index (χ3v) is 4.44. The van der Waals surface area contributed by atoms with Crippen LogP contribution in [0.4, 0.5) is 0 Å². The van der Waals surface area contributed by atoms with Gasteiger partial charge in [-0.1, -0.05) is 0 Å². The Bertz CT molecular complexity index is 502. The van der Waals surface area contributed by atoms with E-state index in [1.165, 1.54) is 11.1 Å². The smallest absolute Gasteiger partial charge is 0.161 e. The van der Waals surface area contributed by atoms with Gasteiger partial charge in [-0.15, -0.1) is 0 Å². The molecule has 2 bridgehead atoms. The number of methoxy groups -OCH3 is 2. The van der Waals surface area contributed by atoms with Crippen LogP contribution in [-0.4, -0.2) is 26.4 Å². The van der Waals surface area contributed by atoms with Crippen molar-refractivity contribution in [3.63, 3.8) is 0 Å². The second kappa shape index (κ2) is 4.39. The molecule has 0 aromatic heterocycles. The van der Waals surface area contributed by atoms with Crippen LogP contribution in [0.2, 0.25) is 0 Å². The quantitative estimate of drug-likeness (QED) is 0.886. The highest BCUT2D eigenvalue weighted by atomic mass is 16.5. The fourth-order valence-electron chi connectivity index (χ4n) is 3.30. The first-order valence-corrected chi connectivity index (χ1v) is 6.76. The first kappa shape index (κ1) is 12.8. The number of hydrogen-bond donors (Lipinski definition) is 1. The summed E-state index contributed by atoms with van der Waals surface area (Å²) in [6, 6.07) is 4.26. The highest BCUT2D eigenvalue weighted by molar-refractivity contribution is 5.50. The van der Waals surface area contributed by atoms with Gasteiger partial charge in [-0.3, -0.25) is 0 Å². The Labute approximate surface area is 113 Å². The van der Waals surface area contributed by atoms with E-state index in [-0.39, 0.29) is 17.7 Å². The Balaban J connectivity index is 2.11. The van der Waals surface area contributed by atoms with Crippen LogP contribution in [0.15, 0.2) is 12.1 Å². The van der Waals surface area contributed by atoms with Crippen molar-refractivity contribution in [3.8, 4) is 11.5 Å². The number of benzene rings is 1. The fraction of sp³-hybridized carbons (Fsp3) is 0.600. The zero-order valence-electron chi connectivity index (χ0n) is 11.7. The molecule has 4 nitrogen and oxygen atoms in total. The first-order valence-electron chi connectivity index (χ1n) is 6.76. The summed E-state index contributed by atoms with van der Waals surface area (Å²) in [7, 11) is 3.33. The van der Waals surface area contributed by atoms with E-state index >= 15 is 0 Å². The van der Waals surface area contributed by atoms with Crippen LogP contribution < -0.4 is 15.2 Å². The van der Waals surface area contributed by atoms with Crippen LogP contribution in [0.1, 0.15) is 30.9 Å². The van der Waals surface area contributed by atoms with Gasteiger partial charge in [0.15, 0.2) is 11.5 Å². The van der Waals surface area contributed by atoms with Crippen molar-refractivity contribution < 1.29 is 14.2 Å². The topological polar surface area (TPSA) is 53.7 Å². The van der Waals surface area contributed by atoms with Crippen LogP contribution in [0, 0.1) is 0 Å². The third kappa shape index (κ3) is 1.90. The second-order valence-electron chi connectivity index (χ2n) is 5.66. The second-order valence-corrected chi connectivity index (χ2v) is 5.66. The molecule has 2 aliphatic rings. The van der Waals surface area contributed by atoms with Crippen molar-refractivity contribution in [2.24, 2.45) is 5.73 Å².